The summed E-state index contributed by atoms with van der Waals surface area (Å²) in [6, 6.07) is 14.4. The van der Waals surface area contributed by atoms with Crippen LogP contribution in [-0.4, -0.2) is 60.8 Å². The molecule has 10 nitrogen and oxygen atoms in total. The molecular formula is C33H36F3N9O. The second kappa shape index (κ2) is 12.8. The second-order valence-corrected chi connectivity index (χ2v) is 11.7. The van der Waals surface area contributed by atoms with Crippen LogP contribution in [0.25, 0.3) is 0 Å². The lowest BCUT2D eigenvalue weighted by molar-refractivity contribution is -0.137. The minimum Gasteiger partial charge on any atom is -0.357 e. The molecule has 2 aromatic carbocycles. The first-order chi connectivity index (χ1) is 22.1. The summed E-state index contributed by atoms with van der Waals surface area (Å²) in [6.45, 7) is 4.97. The van der Waals surface area contributed by atoms with Crippen LogP contribution in [0.1, 0.15) is 39.9 Å². The van der Waals surface area contributed by atoms with E-state index < -0.39 is 17.6 Å². The summed E-state index contributed by atoms with van der Waals surface area (Å²) >= 11 is 0. The summed E-state index contributed by atoms with van der Waals surface area (Å²) < 4.78 is 39.5. The fourth-order valence-electron chi connectivity index (χ4n) is 5.88. The van der Waals surface area contributed by atoms with Crippen LogP contribution in [0.2, 0.25) is 0 Å². The summed E-state index contributed by atoms with van der Waals surface area (Å²) in [5.74, 6) is 1.62. The van der Waals surface area contributed by atoms with Crippen molar-refractivity contribution < 1.29 is 18.0 Å². The minimum atomic E-state index is -4.53. The zero-order valence-electron chi connectivity index (χ0n) is 25.9. The Hall–Kier alpha value is -4.91. The molecule has 1 amide bonds. The Bertz CT molecular complexity index is 1710. The number of amides is 1. The number of anilines is 6. The van der Waals surface area contributed by atoms with Gasteiger partial charge in [-0.2, -0.15) is 18.2 Å². The molecule has 2 aliphatic heterocycles. The summed E-state index contributed by atoms with van der Waals surface area (Å²) in [7, 11) is 3.96. The molecule has 0 radical (unpaired) electrons. The highest BCUT2D eigenvalue weighted by Gasteiger charge is 2.31. The normalized spacial score (nSPS) is 15.5. The van der Waals surface area contributed by atoms with Gasteiger partial charge in [0.2, 0.25) is 5.95 Å². The molecule has 1 fully saturated rings. The van der Waals surface area contributed by atoms with Gasteiger partial charge in [0.05, 0.1) is 24.1 Å². The maximum atomic E-state index is 13.2. The molecule has 2 aromatic heterocycles. The topological polar surface area (TPSA) is 102 Å². The number of nitrogens with zero attached hydrogens (tertiary/aromatic N) is 6. The van der Waals surface area contributed by atoms with E-state index in [1.165, 1.54) is 12.1 Å². The molecule has 0 bridgehead atoms. The molecule has 4 aromatic rings. The van der Waals surface area contributed by atoms with E-state index in [1.54, 1.807) is 18.5 Å². The third-order valence-electron chi connectivity index (χ3n) is 8.44. The lowest BCUT2D eigenvalue weighted by Crippen LogP contribution is -2.41. The summed E-state index contributed by atoms with van der Waals surface area (Å²) in [5, 5.41) is 9.36. The number of hydrogen-bond donors (Lipinski definition) is 3. The average Bonchev–Trinajstić information content (AvgIpc) is 3.06. The van der Waals surface area contributed by atoms with E-state index in [-0.39, 0.29) is 5.56 Å². The van der Waals surface area contributed by atoms with Crippen molar-refractivity contribution in [1.29, 1.82) is 0 Å². The zero-order valence-corrected chi connectivity index (χ0v) is 25.9. The third-order valence-corrected chi connectivity index (χ3v) is 8.44. The molecule has 240 valence electrons. The molecule has 0 spiro atoms. The van der Waals surface area contributed by atoms with Crippen molar-refractivity contribution in [1.82, 2.24) is 20.3 Å². The highest BCUT2D eigenvalue weighted by Crippen LogP contribution is 2.33. The van der Waals surface area contributed by atoms with Crippen molar-refractivity contribution in [3.05, 3.63) is 89.2 Å². The number of halogens is 3. The highest BCUT2D eigenvalue weighted by molar-refractivity contribution is 6.04. The van der Waals surface area contributed by atoms with E-state index >= 15 is 0 Å². The first kappa shape index (κ1) is 31.1. The highest BCUT2D eigenvalue weighted by atomic mass is 19.4. The zero-order chi connectivity index (χ0) is 32.4. The number of hydrogen-bond acceptors (Lipinski definition) is 9. The van der Waals surface area contributed by atoms with Gasteiger partial charge in [-0.1, -0.05) is 12.1 Å². The van der Waals surface area contributed by atoms with E-state index in [0.717, 1.165) is 72.2 Å². The Morgan fingerprint density at radius 2 is 1.74 bits per heavy atom. The molecule has 4 heterocycles. The summed E-state index contributed by atoms with van der Waals surface area (Å²) in [4.78, 5) is 33.3. The standard InChI is InChI=1S/C33H36F3N9O/c1-21-7-8-26(40-31(46)22-5-4-6-24(15-22)33(34,35)36)16-28(21)45-19-23-17-39-32(42-30(23)43(3)20-45)41-27-9-10-29(38-18-27)44-13-11-25(37-2)12-14-44/h4-10,15-18,25,37H,11-14,19-20H2,1-3H3,(H,40,46)(H,39,41,42). The van der Waals surface area contributed by atoms with Gasteiger partial charge in [0.25, 0.3) is 5.91 Å². The average molecular weight is 632 g/mol. The number of nitrogens with one attached hydrogen (secondary N) is 3. The molecule has 0 unspecified atom stereocenters. The number of aromatic nitrogens is 3. The van der Waals surface area contributed by atoms with Gasteiger partial charge >= 0.3 is 6.18 Å². The lowest BCUT2D eigenvalue weighted by Gasteiger charge is -2.37. The largest absolute Gasteiger partial charge is 0.416 e. The van der Waals surface area contributed by atoms with E-state index in [1.807, 2.05) is 50.2 Å². The van der Waals surface area contributed by atoms with Gasteiger partial charge in [0.1, 0.15) is 11.6 Å². The predicted octanol–water partition coefficient (Wildman–Crippen LogP) is 5.80. The Morgan fingerprint density at radius 3 is 2.46 bits per heavy atom. The van der Waals surface area contributed by atoms with Gasteiger partial charge < -0.3 is 30.7 Å². The number of pyridine rings is 1. The van der Waals surface area contributed by atoms with Gasteiger partial charge in [-0.05, 0) is 74.8 Å². The van der Waals surface area contributed by atoms with Gasteiger partial charge in [0, 0.05) is 61.4 Å². The van der Waals surface area contributed by atoms with E-state index in [2.05, 4.69) is 35.7 Å². The van der Waals surface area contributed by atoms with Gasteiger partial charge in [-0.3, -0.25) is 4.79 Å². The molecule has 3 N–H and O–H groups in total. The molecule has 13 heteroatoms. The smallest absolute Gasteiger partial charge is 0.357 e. The molecule has 46 heavy (non-hydrogen) atoms. The van der Waals surface area contributed by atoms with Crippen LogP contribution in [0.5, 0.6) is 0 Å². The van der Waals surface area contributed by atoms with E-state index in [0.29, 0.717) is 30.9 Å². The van der Waals surface area contributed by atoms with Crippen LogP contribution in [0.3, 0.4) is 0 Å². The number of alkyl halides is 3. The second-order valence-electron chi connectivity index (χ2n) is 11.7. The number of rotatable bonds is 7. The number of carbonyl (C=O) groups is 1. The van der Waals surface area contributed by atoms with Crippen LogP contribution in [-0.2, 0) is 12.7 Å². The molecule has 6 rings (SSSR count). The maximum Gasteiger partial charge on any atom is 0.416 e. The van der Waals surface area contributed by atoms with Crippen LogP contribution >= 0.6 is 0 Å². The molecule has 1 saturated heterocycles. The molecule has 0 aliphatic carbocycles. The van der Waals surface area contributed by atoms with Gasteiger partial charge in [0.15, 0.2) is 0 Å². The first-order valence-electron chi connectivity index (χ1n) is 15.1. The van der Waals surface area contributed by atoms with E-state index in [4.69, 9.17) is 4.98 Å². The number of aryl methyl sites for hydroxylation is 1. The van der Waals surface area contributed by atoms with E-state index in [9.17, 15) is 18.0 Å². The van der Waals surface area contributed by atoms with Crippen molar-refractivity contribution in [2.24, 2.45) is 0 Å². The molecule has 2 aliphatic rings. The lowest BCUT2D eigenvalue weighted by atomic mass is 10.1. The third kappa shape index (κ3) is 6.84. The first-order valence-corrected chi connectivity index (χ1v) is 15.1. The summed E-state index contributed by atoms with van der Waals surface area (Å²) in [5.41, 5.74) is 3.13. The quantitative estimate of drug-likeness (QED) is 0.234. The predicted molar refractivity (Wildman–Crippen MR) is 174 cm³/mol. The molecule has 0 atom stereocenters. The van der Waals surface area contributed by atoms with Crippen molar-refractivity contribution in [2.75, 3.05) is 59.2 Å². The number of carbonyl (C=O) groups excluding carboxylic acids is 1. The van der Waals surface area contributed by atoms with Crippen LogP contribution in [0.4, 0.5) is 47.8 Å². The van der Waals surface area contributed by atoms with Crippen molar-refractivity contribution in [2.45, 2.75) is 38.5 Å². The minimum absolute atomic E-state index is 0.0678. The van der Waals surface area contributed by atoms with Crippen LogP contribution < -0.4 is 30.7 Å². The Kier molecular flexibility index (Phi) is 8.67. The van der Waals surface area contributed by atoms with Crippen molar-refractivity contribution in [3.63, 3.8) is 0 Å². The maximum absolute atomic E-state index is 13.2. The Morgan fingerprint density at radius 1 is 0.957 bits per heavy atom. The SMILES string of the molecule is CNC1CCN(c2ccc(Nc3ncc4c(n3)N(C)CN(c3cc(NC(=O)c5cccc(C(F)(F)F)c5)ccc3C)C4)cn2)CC1. The Balaban J connectivity index is 1.12. The van der Waals surface area contributed by atoms with Crippen molar-refractivity contribution >= 4 is 40.6 Å². The monoisotopic (exact) mass is 631 g/mol. The Labute approximate surface area is 265 Å². The molecular weight excluding hydrogens is 595 g/mol. The number of benzene rings is 2. The molecule has 0 saturated carbocycles. The summed E-state index contributed by atoms with van der Waals surface area (Å²) in [6.07, 6.45) is 1.26. The van der Waals surface area contributed by atoms with Gasteiger partial charge in [-0.25, -0.2) is 9.97 Å². The van der Waals surface area contributed by atoms with Crippen molar-refractivity contribution in [3.8, 4) is 0 Å². The fourth-order valence-corrected chi connectivity index (χ4v) is 5.88. The fraction of sp³-hybridized carbons (Fsp3) is 0.333. The number of piperidine rings is 1. The van der Waals surface area contributed by atoms with Gasteiger partial charge in [-0.15, -0.1) is 0 Å². The van der Waals surface area contributed by atoms with Crippen LogP contribution in [0.15, 0.2) is 67.0 Å². The van der Waals surface area contributed by atoms with Crippen LogP contribution in [0, 0.1) is 6.92 Å². The number of fused-ring (bicyclic) bond motifs is 1.